The Hall–Kier alpha value is -2.22. The lowest BCUT2D eigenvalue weighted by Crippen LogP contribution is -2.42. The van der Waals surface area contributed by atoms with Crippen molar-refractivity contribution in [3.05, 3.63) is 35.5 Å². The maximum Gasteiger partial charge on any atom is 0.271 e. The van der Waals surface area contributed by atoms with Crippen LogP contribution >= 0.6 is 11.6 Å². The number of aryl methyl sites for hydroxylation is 1. The smallest absolute Gasteiger partial charge is 0.271 e. The first-order valence-corrected chi connectivity index (χ1v) is 8.12. The van der Waals surface area contributed by atoms with E-state index in [0.717, 1.165) is 25.5 Å². The van der Waals surface area contributed by atoms with E-state index in [9.17, 15) is 9.18 Å². The first kappa shape index (κ1) is 16.6. The van der Waals surface area contributed by atoms with E-state index < -0.39 is 5.82 Å². The number of anilines is 1. The monoisotopic (exact) mass is 352 g/mol. The highest BCUT2D eigenvalue weighted by molar-refractivity contribution is 6.28. The van der Waals surface area contributed by atoms with Crippen LogP contribution in [0.1, 0.15) is 36.2 Å². The molecule has 24 heavy (non-hydrogen) atoms. The van der Waals surface area contributed by atoms with Gasteiger partial charge in [0.05, 0.1) is 12.5 Å². The zero-order valence-electron chi connectivity index (χ0n) is 13.2. The van der Waals surface area contributed by atoms with Crippen molar-refractivity contribution in [2.24, 2.45) is 7.05 Å². The number of hydrogen-bond acceptors (Lipinski definition) is 5. The minimum absolute atomic E-state index is 0.00489. The maximum absolute atomic E-state index is 13.7. The van der Waals surface area contributed by atoms with Crippen LogP contribution in [0, 0.1) is 5.82 Å². The molecule has 2 heterocycles. The zero-order valence-corrected chi connectivity index (χ0v) is 13.9. The molecule has 0 bridgehead atoms. The Morgan fingerprint density at radius 3 is 2.92 bits per heavy atom. The number of nitrogens with one attached hydrogen (secondary N) is 2. The number of carbonyl (C=O) groups is 1. The van der Waals surface area contributed by atoms with Crippen molar-refractivity contribution in [2.45, 2.75) is 37.8 Å². The molecule has 1 amide bonds. The fraction of sp³-hybridized carbons (Fsp3) is 0.467. The lowest BCUT2D eigenvalue weighted by molar-refractivity contribution is 0.0921. The molecular weight excluding hydrogens is 335 g/mol. The standard InChI is InChI=1S/C15H18ClFN6O/c1-23-7-12(19-8-23)14(24)21-10-4-2-3-9(5-10)20-13-11(17)6-18-15(16)22-13/h6-10H,2-5H2,1H3,(H,21,24)(H,18,20,22). The van der Waals surface area contributed by atoms with Crippen molar-refractivity contribution < 1.29 is 9.18 Å². The third-order valence-electron chi connectivity index (χ3n) is 4.00. The summed E-state index contributed by atoms with van der Waals surface area (Å²) < 4.78 is 15.5. The molecule has 1 saturated carbocycles. The van der Waals surface area contributed by atoms with Gasteiger partial charge in [-0.2, -0.15) is 4.98 Å². The zero-order chi connectivity index (χ0) is 17.1. The molecule has 0 aromatic carbocycles. The first-order valence-electron chi connectivity index (χ1n) is 7.74. The van der Waals surface area contributed by atoms with E-state index in [1.54, 1.807) is 17.1 Å². The van der Waals surface area contributed by atoms with Gasteiger partial charge in [0, 0.05) is 25.3 Å². The molecule has 1 fully saturated rings. The van der Waals surface area contributed by atoms with Crippen molar-refractivity contribution in [3.8, 4) is 0 Å². The third kappa shape index (κ3) is 4.00. The predicted molar refractivity (Wildman–Crippen MR) is 87.3 cm³/mol. The van der Waals surface area contributed by atoms with Gasteiger partial charge in [0.15, 0.2) is 11.6 Å². The van der Waals surface area contributed by atoms with Crippen molar-refractivity contribution >= 4 is 23.3 Å². The number of imidazole rings is 1. The van der Waals surface area contributed by atoms with Gasteiger partial charge in [-0.15, -0.1) is 0 Å². The maximum atomic E-state index is 13.7. The summed E-state index contributed by atoms with van der Waals surface area (Å²) >= 11 is 5.71. The summed E-state index contributed by atoms with van der Waals surface area (Å²) in [5.74, 6) is -0.645. The highest BCUT2D eigenvalue weighted by atomic mass is 35.5. The molecule has 3 rings (SSSR count). The van der Waals surface area contributed by atoms with Crippen LogP contribution in [0.3, 0.4) is 0 Å². The largest absolute Gasteiger partial charge is 0.365 e. The van der Waals surface area contributed by atoms with Crippen LogP contribution in [-0.4, -0.2) is 37.5 Å². The van der Waals surface area contributed by atoms with E-state index >= 15 is 0 Å². The average Bonchev–Trinajstić information content (AvgIpc) is 2.98. The third-order valence-corrected chi connectivity index (χ3v) is 4.18. The minimum atomic E-state index is -0.543. The SMILES string of the molecule is Cn1cnc(C(=O)NC2CCCC(Nc3nc(Cl)ncc3F)C2)c1. The Labute approximate surface area is 143 Å². The topological polar surface area (TPSA) is 84.7 Å². The van der Waals surface area contributed by atoms with E-state index in [4.69, 9.17) is 11.6 Å². The summed E-state index contributed by atoms with van der Waals surface area (Å²) in [6.07, 6.45) is 7.65. The summed E-state index contributed by atoms with van der Waals surface area (Å²) in [4.78, 5) is 23.7. The highest BCUT2D eigenvalue weighted by Crippen LogP contribution is 2.23. The van der Waals surface area contributed by atoms with Crippen molar-refractivity contribution in [2.75, 3.05) is 5.32 Å². The molecular formula is C15H18ClFN6O. The van der Waals surface area contributed by atoms with Crippen LogP contribution < -0.4 is 10.6 Å². The van der Waals surface area contributed by atoms with Gasteiger partial charge in [-0.3, -0.25) is 4.79 Å². The van der Waals surface area contributed by atoms with Gasteiger partial charge in [0.1, 0.15) is 5.69 Å². The van der Waals surface area contributed by atoms with Crippen LogP contribution in [-0.2, 0) is 7.05 Å². The second kappa shape index (κ2) is 7.12. The van der Waals surface area contributed by atoms with Gasteiger partial charge in [0.25, 0.3) is 5.91 Å². The second-order valence-electron chi connectivity index (χ2n) is 5.94. The minimum Gasteiger partial charge on any atom is -0.365 e. The Morgan fingerprint density at radius 1 is 1.38 bits per heavy atom. The Balaban J connectivity index is 1.60. The first-order chi connectivity index (χ1) is 11.5. The molecule has 2 N–H and O–H groups in total. The fourth-order valence-corrected chi connectivity index (χ4v) is 3.01. The highest BCUT2D eigenvalue weighted by Gasteiger charge is 2.25. The van der Waals surface area contributed by atoms with Gasteiger partial charge in [0.2, 0.25) is 5.28 Å². The Bertz CT molecular complexity index is 737. The number of halogens is 2. The molecule has 0 radical (unpaired) electrons. The number of hydrogen-bond donors (Lipinski definition) is 2. The summed E-state index contributed by atoms with van der Waals surface area (Å²) in [5.41, 5.74) is 0.390. The van der Waals surface area contributed by atoms with Gasteiger partial charge < -0.3 is 15.2 Å². The van der Waals surface area contributed by atoms with Gasteiger partial charge in [-0.1, -0.05) is 0 Å². The van der Waals surface area contributed by atoms with Gasteiger partial charge >= 0.3 is 0 Å². The number of rotatable bonds is 4. The van der Waals surface area contributed by atoms with E-state index in [0.29, 0.717) is 12.1 Å². The fourth-order valence-electron chi connectivity index (χ4n) is 2.88. The molecule has 7 nitrogen and oxygen atoms in total. The number of amides is 1. The van der Waals surface area contributed by atoms with Crippen molar-refractivity contribution in [3.63, 3.8) is 0 Å². The number of nitrogens with zero attached hydrogens (tertiary/aromatic N) is 4. The van der Waals surface area contributed by atoms with Gasteiger partial charge in [-0.25, -0.2) is 14.4 Å². The van der Waals surface area contributed by atoms with E-state index in [-0.39, 0.29) is 29.1 Å². The lowest BCUT2D eigenvalue weighted by Gasteiger charge is -2.30. The molecule has 2 atom stereocenters. The van der Waals surface area contributed by atoms with E-state index in [1.165, 1.54) is 0 Å². The lowest BCUT2D eigenvalue weighted by atomic mass is 9.91. The van der Waals surface area contributed by atoms with Crippen LogP contribution in [0.15, 0.2) is 18.7 Å². The molecule has 2 aromatic heterocycles. The van der Waals surface area contributed by atoms with Crippen molar-refractivity contribution in [1.29, 1.82) is 0 Å². The van der Waals surface area contributed by atoms with Crippen LogP contribution in [0.2, 0.25) is 5.28 Å². The molecule has 1 aliphatic carbocycles. The Kier molecular flexibility index (Phi) is 4.94. The number of aromatic nitrogens is 4. The molecule has 0 aliphatic heterocycles. The molecule has 128 valence electrons. The van der Waals surface area contributed by atoms with Crippen LogP contribution in [0.4, 0.5) is 10.2 Å². The summed E-state index contributed by atoms with van der Waals surface area (Å²) in [6.45, 7) is 0. The van der Waals surface area contributed by atoms with Crippen molar-refractivity contribution in [1.82, 2.24) is 24.8 Å². The van der Waals surface area contributed by atoms with E-state index in [1.807, 2.05) is 7.05 Å². The molecule has 0 saturated heterocycles. The molecule has 2 unspecified atom stereocenters. The Morgan fingerprint density at radius 2 is 2.17 bits per heavy atom. The normalized spacial score (nSPS) is 20.6. The predicted octanol–water partition coefficient (Wildman–Crippen LogP) is 2.16. The second-order valence-corrected chi connectivity index (χ2v) is 6.28. The van der Waals surface area contributed by atoms with Gasteiger partial charge in [-0.05, 0) is 37.3 Å². The average molecular weight is 353 g/mol. The van der Waals surface area contributed by atoms with E-state index in [2.05, 4.69) is 25.6 Å². The number of carbonyl (C=O) groups excluding carboxylic acids is 1. The molecule has 9 heteroatoms. The molecule has 0 spiro atoms. The molecule has 1 aliphatic rings. The van der Waals surface area contributed by atoms with Crippen LogP contribution in [0.5, 0.6) is 0 Å². The summed E-state index contributed by atoms with van der Waals surface area (Å²) in [7, 11) is 1.81. The quantitative estimate of drug-likeness (QED) is 0.824. The summed E-state index contributed by atoms with van der Waals surface area (Å²) in [6, 6.07) is 0.0133. The molecule has 2 aromatic rings. The summed E-state index contributed by atoms with van der Waals surface area (Å²) in [5, 5.41) is 6.03. The van der Waals surface area contributed by atoms with Crippen LogP contribution in [0.25, 0.3) is 0 Å².